The summed E-state index contributed by atoms with van der Waals surface area (Å²) < 4.78 is 5.46. The van der Waals surface area contributed by atoms with Crippen molar-refractivity contribution in [1.82, 2.24) is 0 Å². The monoisotopic (exact) mass is 436 g/mol. The summed E-state index contributed by atoms with van der Waals surface area (Å²) in [4.78, 5) is 24.4. The van der Waals surface area contributed by atoms with E-state index in [1.165, 1.54) is 30.6 Å². The molecule has 4 fully saturated rings. The number of halogens is 1. The molecule has 2 atom stereocenters. The van der Waals surface area contributed by atoms with E-state index in [0.29, 0.717) is 17.0 Å². The Bertz CT molecular complexity index is 770. The highest BCUT2D eigenvalue weighted by molar-refractivity contribution is 9.10. The van der Waals surface area contributed by atoms with Gasteiger partial charge in [0.05, 0.1) is 12.0 Å². The predicted octanol–water partition coefficient (Wildman–Crippen LogP) is 4.23. The van der Waals surface area contributed by atoms with Crippen LogP contribution in [0.4, 0.5) is 5.00 Å². The van der Waals surface area contributed by atoms with Crippen LogP contribution in [0.2, 0.25) is 0 Å². The number of ether oxygens (including phenoxy) is 1. The van der Waals surface area contributed by atoms with Crippen LogP contribution in [-0.4, -0.2) is 22.8 Å². The molecule has 1 heterocycles. The molecule has 4 saturated carbocycles. The molecular weight excluding hydrogens is 416 g/mol. The van der Waals surface area contributed by atoms with Crippen molar-refractivity contribution in [3.05, 3.63) is 17.0 Å². The van der Waals surface area contributed by atoms with E-state index in [1.807, 2.05) is 6.07 Å². The van der Waals surface area contributed by atoms with Crippen LogP contribution >= 0.6 is 27.3 Å². The van der Waals surface area contributed by atoms with Crippen molar-refractivity contribution in [3.63, 3.8) is 0 Å². The topological polar surface area (TPSA) is 79.2 Å². The van der Waals surface area contributed by atoms with Crippen molar-refractivity contribution >= 4 is 44.1 Å². The third kappa shape index (κ3) is 3.54. The van der Waals surface area contributed by atoms with Gasteiger partial charge in [-0.1, -0.05) is 15.9 Å². The summed E-state index contributed by atoms with van der Waals surface area (Å²) in [5.74, 6) is 0.745. The highest BCUT2D eigenvalue weighted by atomic mass is 79.9. The first-order valence-corrected chi connectivity index (χ1v) is 10.7. The van der Waals surface area contributed by atoms with E-state index in [4.69, 9.17) is 10.00 Å². The summed E-state index contributed by atoms with van der Waals surface area (Å²) in [6, 6.07) is 3.67. The molecule has 1 aromatic heterocycles. The summed E-state index contributed by atoms with van der Waals surface area (Å²) in [5.41, 5.74) is 0.467. The number of hydrogen-bond donors (Lipinski definition) is 1. The van der Waals surface area contributed by atoms with E-state index in [9.17, 15) is 9.59 Å². The molecule has 26 heavy (non-hydrogen) atoms. The second-order valence-corrected chi connectivity index (χ2v) is 10.9. The molecule has 5 nitrogen and oxygen atoms in total. The zero-order chi connectivity index (χ0) is 18.4. The average molecular weight is 437 g/mol. The number of nitriles is 1. The Balaban J connectivity index is 1.31. The van der Waals surface area contributed by atoms with E-state index in [0.717, 1.165) is 31.1 Å². The van der Waals surface area contributed by atoms with Gasteiger partial charge in [-0.25, -0.2) is 0 Å². The lowest BCUT2D eigenvalue weighted by atomic mass is 9.49. The fourth-order valence-electron chi connectivity index (χ4n) is 5.70. The summed E-state index contributed by atoms with van der Waals surface area (Å²) >= 11 is 5.23. The van der Waals surface area contributed by atoms with Gasteiger partial charge in [0.1, 0.15) is 11.1 Å². The van der Waals surface area contributed by atoms with Crippen LogP contribution in [0.15, 0.2) is 11.4 Å². The van der Waals surface area contributed by atoms with Gasteiger partial charge in [-0.05, 0) is 67.2 Å². The van der Waals surface area contributed by atoms with Crippen molar-refractivity contribution in [2.75, 3.05) is 11.9 Å². The van der Waals surface area contributed by atoms with E-state index >= 15 is 0 Å². The lowest BCUT2D eigenvalue weighted by Crippen LogP contribution is -2.53. The smallest absolute Gasteiger partial charge is 0.306 e. The third-order valence-corrected chi connectivity index (χ3v) is 7.79. The van der Waals surface area contributed by atoms with Gasteiger partial charge in [-0.3, -0.25) is 9.59 Å². The number of nitrogens with zero attached hydrogens (tertiary/aromatic N) is 1. The maximum atomic E-state index is 12.4. The number of esters is 1. The summed E-state index contributed by atoms with van der Waals surface area (Å²) in [5, 5.41) is 13.8. The molecule has 4 aliphatic rings. The molecule has 0 saturated heterocycles. The maximum Gasteiger partial charge on any atom is 0.306 e. The lowest BCUT2D eigenvalue weighted by molar-refractivity contribution is -0.153. The number of carbonyl (C=O) groups excluding carboxylic acids is 2. The number of carbonyl (C=O) groups is 2. The number of amides is 1. The number of hydrogen-bond acceptors (Lipinski definition) is 5. The molecule has 0 spiro atoms. The Kier molecular flexibility index (Phi) is 4.60. The molecule has 1 amide bonds. The minimum atomic E-state index is -0.403. The molecule has 4 aliphatic carbocycles. The van der Waals surface area contributed by atoms with Crippen molar-refractivity contribution in [2.45, 2.75) is 49.3 Å². The van der Waals surface area contributed by atoms with Gasteiger partial charge < -0.3 is 10.1 Å². The summed E-state index contributed by atoms with van der Waals surface area (Å²) in [6.07, 6.45) is 7.42. The van der Waals surface area contributed by atoms with Gasteiger partial charge in [-0.15, -0.1) is 11.3 Å². The van der Waals surface area contributed by atoms with Gasteiger partial charge in [0.15, 0.2) is 6.61 Å². The fourth-order valence-corrected chi connectivity index (χ4v) is 7.97. The van der Waals surface area contributed by atoms with Crippen molar-refractivity contribution in [3.8, 4) is 6.07 Å². The van der Waals surface area contributed by atoms with Gasteiger partial charge in [0.2, 0.25) is 0 Å². The molecule has 1 N–H and O–H groups in total. The van der Waals surface area contributed by atoms with Crippen molar-refractivity contribution in [2.24, 2.45) is 17.3 Å². The molecule has 0 aromatic carbocycles. The highest BCUT2D eigenvalue weighted by Gasteiger charge is 2.57. The predicted molar refractivity (Wildman–Crippen MR) is 102 cm³/mol. The zero-order valence-corrected chi connectivity index (χ0v) is 16.8. The standard InChI is InChI=1S/C19H21BrN2O3S/c20-19-6-12-3-13(7-19)5-18(4-12,11-19)8-16(24)25-10-15(23)22-17-14(9-21)1-2-26-17/h1-2,12-13H,3-8,10-11H2,(H,22,23). The minimum absolute atomic E-state index is 0.0445. The molecule has 5 rings (SSSR count). The fraction of sp³-hybridized carbons (Fsp3) is 0.632. The Labute approximate surface area is 165 Å². The molecule has 138 valence electrons. The van der Waals surface area contributed by atoms with E-state index in [1.54, 1.807) is 11.4 Å². The quantitative estimate of drug-likeness (QED) is 0.553. The van der Waals surface area contributed by atoms with Gasteiger partial charge in [0.25, 0.3) is 5.91 Å². The number of anilines is 1. The summed E-state index contributed by atoms with van der Waals surface area (Å²) in [7, 11) is 0. The minimum Gasteiger partial charge on any atom is -0.456 e. The van der Waals surface area contributed by atoms with Crippen LogP contribution in [0.25, 0.3) is 0 Å². The molecule has 0 radical (unpaired) electrons. The lowest BCUT2D eigenvalue weighted by Gasteiger charge is -2.60. The van der Waals surface area contributed by atoms with Crippen LogP contribution in [0.1, 0.15) is 50.5 Å². The Morgan fingerprint density at radius 3 is 2.73 bits per heavy atom. The second kappa shape index (κ2) is 6.65. The first-order chi connectivity index (χ1) is 12.4. The van der Waals surface area contributed by atoms with Crippen LogP contribution in [0.3, 0.4) is 0 Å². The van der Waals surface area contributed by atoms with E-state index < -0.39 is 5.91 Å². The van der Waals surface area contributed by atoms with E-state index in [2.05, 4.69) is 21.2 Å². The number of alkyl halides is 1. The second-order valence-electron chi connectivity index (χ2n) is 8.27. The van der Waals surface area contributed by atoms with Crippen LogP contribution in [-0.2, 0) is 14.3 Å². The van der Waals surface area contributed by atoms with Gasteiger partial charge in [-0.2, -0.15) is 5.26 Å². The maximum absolute atomic E-state index is 12.4. The molecular formula is C19H21BrN2O3S. The number of rotatable bonds is 5. The highest BCUT2D eigenvalue weighted by Crippen LogP contribution is 2.65. The zero-order valence-electron chi connectivity index (χ0n) is 14.4. The first kappa shape index (κ1) is 18.0. The van der Waals surface area contributed by atoms with Gasteiger partial charge >= 0.3 is 5.97 Å². The van der Waals surface area contributed by atoms with E-state index in [-0.39, 0.29) is 22.3 Å². The number of nitrogens with one attached hydrogen (secondary N) is 1. The van der Waals surface area contributed by atoms with Gasteiger partial charge in [0, 0.05) is 4.32 Å². The molecule has 7 heteroatoms. The molecule has 2 unspecified atom stereocenters. The van der Waals surface area contributed by atoms with Crippen molar-refractivity contribution in [1.29, 1.82) is 5.26 Å². The Hall–Kier alpha value is -1.39. The molecule has 0 aliphatic heterocycles. The average Bonchev–Trinajstić information content (AvgIpc) is 2.97. The van der Waals surface area contributed by atoms with Crippen LogP contribution in [0, 0.1) is 28.6 Å². The largest absolute Gasteiger partial charge is 0.456 e. The van der Waals surface area contributed by atoms with Crippen molar-refractivity contribution < 1.29 is 14.3 Å². The Morgan fingerprint density at radius 1 is 1.35 bits per heavy atom. The normalized spacial score (nSPS) is 34.3. The molecule has 1 aromatic rings. The Morgan fingerprint density at radius 2 is 2.08 bits per heavy atom. The van der Waals surface area contributed by atoms with Crippen LogP contribution < -0.4 is 5.32 Å². The number of thiophene rings is 1. The SMILES string of the molecule is N#Cc1ccsc1NC(=O)COC(=O)CC12CC3CC(CC(Br)(C3)C1)C2. The first-order valence-electron chi connectivity index (χ1n) is 9.01. The van der Waals surface area contributed by atoms with Crippen LogP contribution in [0.5, 0.6) is 0 Å². The third-order valence-electron chi connectivity index (χ3n) is 6.03. The summed E-state index contributed by atoms with van der Waals surface area (Å²) in [6.45, 7) is -0.302. The molecule has 4 bridgehead atoms.